The van der Waals surface area contributed by atoms with Gasteiger partial charge in [-0.15, -0.1) is 0 Å². The quantitative estimate of drug-likeness (QED) is 0.665. The first-order valence-electron chi connectivity index (χ1n) is 6.38. The predicted octanol–water partition coefficient (Wildman–Crippen LogP) is 2.14. The van der Waals surface area contributed by atoms with Crippen molar-refractivity contribution in [2.45, 2.75) is 13.3 Å². The average molecular weight is 236 g/mol. The molecule has 0 aromatic heterocycles. The van der Waals surface area contributed by atoms with Gasteiger partial charge in [0.05, 0.1) is 0 Å². The van der Waals surface area contributed by atoms with Crippen molar-refractivity contribution in [3.05, 3.63) is 30.3 Å². The summed E-state index contributed by atoms with van der Waals surface area (Å²) in [5.74, 6) is 0. The van der Waals surface area contributed by atoms with E-state index in [1.807, 2.05) is 0 Å². The van der Waals surface area contributed by atoms with Crippen LogP contribution in [0.15, 0.2) is 30.3 Å². The molecule has 0 atom stereocenters. The SMILES string of the molecule is CCN(CCNCCCOC)c1ccccc1. The Morgan fingerprint density at radius 3 is 2.59 bits per heavy atom. The summed E-state index contributed by atoms with van der Waals surface area (Å²) in [5.41, 5.74) is 1.30. The van der Waals surface area contributed by atoms with Gasteiger partial charge in [0.2, 0.25) is 0 Å². The lowest BCUT2D eigenvalue weighted by Gasteiger charge is -2.23. The maximum atomic E-state index is 5.01. The Balaban J connectivity index is 2.20. The molecule has 0 bridgehead atoms. The van der Waals surface area contributed by atoms with Crippen LogP contribution in [0.1, 0.15) is 13.3 Å². The van der Waals surface area contributed by atoms with E-state index in [0.29, 0.717) is 0 Å². The molecule has 17 heavy (non-hydrogen) atoms. The number of rotatable bonds is 9. The Morgan fingerprint density at radius 1 is 1.18 bits per heavy atom. The number of nitrogens with one attached hydrogen (secondary N) is 1. The zero-order chi connectivity index (χ0) is 12.3. The van der Waals surface area contributed by atoms with Crippen molar-refractivity contribution in [2.75, 3.05) is 44.8 Å². The van der Waals surface area contributed by atoms with Crippen LogP contribution in [0.25, 0.3) is 0 Å². The Morgan fingerprint density at radius 2 is 1.94 bits per heavy atom. The fourth-order valence-electron chi connectivity index (χ4n) is 1.79. The van der Waals surface area contributed by atoms with Crippen LogP contribution in [0, 0.1) is 0 Å². The number of anilines is 1. The zero-order valence-corrected chi connectivity index (χ0v) is 11.0. The molecule has 0 spiro atoms. The van der Waals surface area contributed by atoms with E-state index in [1.54, 1.807) is 7.11 Å². The van der Waals surface area contributed by atoms with E-state index in [2.05, 4.69) is 47.5 Å². The zero-order valence-electron chi connectivity index (χ0n) is 11.0. The van der Waals surface area contributed by atoms with Crippen LogP contribution in [0.5, 0.6) is 0 Å². The van der Waals surface area contributed by atoms with E-state index in [4.69, 9.17) is 4.74 Å². The summed E-state index contributed by atoms with van der Waals surface area (Å²) >= 11 is 0. The fourth-order valence-corrected chi connectivity index (χ4v) is 1.79. The van der Waals surface area contributed by atoms with Gasteiger partial charge < -0.3 is 15.0 Å². The third kappa shape index (κ3) is 5.71. The van der Waals surface area contributed by atoms with Crippen molar-refractivity contribution in [1.82, 2.24) is 5.32 Å². The second-order valence-corrected chi connectivity index (χ2v) is 4.01. The van der Waals surface area contributed by atoms with Crippen LogP contribution < -0.4 is 10.2 Å². The molecular weight excluding hydrogens is 212 g/mol. The van der Waals surface area contributed by atoms with Crippen LogP contribution in [-0.2, 0) is 4.74 Å². The van der Waals surface area contributed by atoms with Gasteiger partial charge in [-0.2, -0.15) is 0 Å². The number of hydrogen-bond donors (Lipinski definition) is 1. The van der Waals surface area contributed by atoms with E-state index < -0.39 is 0 Å². The molecule has 3 heteroatoms. The number of ether oxygens (including phenoxy) is 1. The maximum Gasteiger partial charge on any atom is 0.0474 e. The van der Waals surface area contributed by atoms with E-state index >= 15 is 0 Å². The highest BCUT2D eigenvalue weighted by Crippen LogP contribution is 2.11. The van der Waals surface area contributed by atoms with Crippen molar-refractivity contribution < 1.29 is 4.74 Å². The average Bonchev–Trinajstić information content (AvgIpc) is 2.39. The van der Waals surface area contributed by atoms with Gasteiger partial charge in [0, 0.05) is 39.0 Å². The predicted molar refractivity (Wildman–Crippen MR) is 73.7 cm³/mol. The maximum absolute atomic E-state index is 5.01. The molecule has 0 aliphatic heterocycles. The molecule has 96 valence electrons. The Hall–Kier alpha value is -1.06. The second kappa shape index (κ2) is 9.02. The number of likely N-dealkylation sites (N-methyl/N-ethyl adjacent to an activating group) is 1. The molecule has 1 rings (SSSR count). The number of benzene rings is 1. The second-order valence-electron chi connectivity index (χ2n) is 4.01. The minimum atomic E-state index is 0.836. The lowest BCUT2D eigenvalue weighted by atomic mass is 10.3. The van der Waals surface area contributed by atoms with Crippen molar-refractivity contribution in [3.63, 3.8) is 0 Å². The molecule has 0 unspecified atom stereocenters. The number of para-hydroxylation sites is 1. The minimum Gasteiger partial charge on any atom is -0.385 e. The van der Waals surface area contributed by atoms with E-state index in [0.717, 1.165) is 39.2 Å². The Bertz CT molecular complexity index is 277. The summed E-state index contributed by atoms with van der Waals surface area (Å²) in [5, 5.41) is 3.43. The molecule has 0 fully saturated rings. The molecular formula is C14H24N2O. The summed E-state index contributed by atoms with van der Waals surface area (Å²) < 4.78 is 5.01. The molecule has 0 saturated heterocycles. The van der Waals surface area contributed by atoms with Crippen LogP contribution in [0.4, 0.5) is 5.69 Å². The molecule has 1 N–H and O–H groups in total. The topological polar surface area (TPSA) is 24.5 Å². The summed E-state index contributed by atoms with van der Waals surface area (Å²) in [6, 6.07) is 10.6. The van der Waals surface area contributed by atoms with Gasteiger partial charge in [-0.25, -0.2) is 0 Å². The first kappa shape index (κ1) is 14.0. The lowest BCUT2D eigenvalue weighted by Crippen LogP contribution is -2.32. The largest absolute Gasteiger partial charge is 0.385 e. The fraction of sp³-hybridized carbons (Fsp3) is 0.571. The van der Waals surface area contributed by atoms with Crippen LogP contribution in [-0.4, -0.2) is 39.9 Å². The molecule has 0 amide bonds. The van der Waals surface area contributed by atoms with Crippen molar-refractivity contribution in [3.8, 4) is 0 Å². The molecule has 1 aromatic carbocycles. The highest BCUT2D eigenvalue weighted by atomic mass is 16.5. The molecule has 1 aromatic rings. The summed E-state index contributed by atoms with van der Waals surface area (Å²) in [6.07, 6.45) is 1.08. The number of hydrogen-bond acceptors (Lipinski definition) is 3. The lowest BCUT2D eigenvalue weighted by molar-refractivity contribution is 0.194. The number of methoxy groups -OCH3 is 1. The highest BCUT2D eigenvalue weighted by Gasteiger charge is 2.01. The van der Waals surface area contributed by atoms with Gasteiger partial charge in [-0.1, -0.05) is 18.2 Å². The standard InChI is InChI=1S/C14H24N2O/c1-3-16(14-8-5-4-6-9-14)12-11-15-10-7-13-17-2/h4-6,8-9,15H,3,7,10-13H2,1-2H3. The third-order valence-electron chi connectivity index (χ3n) is 2.76. The van der Waals surface area contributed by atoms with E-state index in [9.17, 15) is 0 Å². The van der Waals surface area contributed by atoms with Gasteiger partial charge in [-0.3, -0.25) is 0 Å². The minimum absolute atomic E-state index is 0.836. The van der Waals surface area contributed by atoms with Gasteiger partial charge in [-0.05, 0) is 32.0 Å². The monoisotopic (exact) mass is 236 g/mol. The Kier molecular flexibility index (Phi) is 7.43. The van der Waals surface area contributed by atoms with Gasteiger partial charge in [0.1, 0.15) is 0 Å². The van der Waals surface area contributed by atoms with E-state index in [1.165, 1.54) is 5.69 Å². The van der Waals surface area contributed by atoms with Crippen molar-refractivity contribution in [1.29, 1.82) is 0 Å². The summed E-state index contributed by atoms with van der Waals surface area (Å²) in [4.78, 5) is 2.38. The van der Waals surface area contributed by atoms with Crippen LogP contribution in [0.2, 0.25) is 0 Å². The van der Waals surface area contributed by atoms with Gasteiger partial charge >= 0.3 is 0 Å². The smallest absolute Gasteiger partial charge is 0.0474 e. The number of nitrogens with zero attached hydrogens (tertiary/aromatic N) is 1. The van der Waals surface area contributed by atoms with E-state index in [-0.39, 0.29) is 0 Å². The van der Waals surface area contributed by atoms with Gasteiger partial charge in [0.25, 0.3) is 0 Å². The molecule has 0 aliphatic rings. The normalized spacial score (nSPS) is 10.5. The van der Waals surface area contributed by atoms with Crippen LogP contribution >= 0.6 is 0 Å². The van der Waals surface area contributed by atoms with Crippen LogP contribution in [0.3, 0.4) is 0 Å². The molecule has 0 saturated carbocycles. The molecule has 0 aliphatic carbocycles. The van der Waals surface area contributed by atoms with Gasteiger partial charge in [0.15, 0.2) is 0 Å². The first-order chi connectivity index (χ1) is 8.38. The molecule has 0 radical (unpaired) electrons. The first-order valence-corrected chi connectivity index (χ1v) is 6.38. The van der Waals surface area contributed by atoms with Crippen molar-refractivity contribution >= 4 is 5.69 Å². The molecule has 0 heterocycles. The highest BCUT2D eigenvalue weighted by molar-refractivity contribution is 5.45. The Labute approximate surface area is 105 Å². The summed E-state index contributed by atoms with van der Waals surface area (Å²) in [6.45, 7) is 7.17. The van der Waals surface area contributed by atoms with Crippen molar-refractivity contribution in [2.24, 2.45) is 0 Å². The molecule has 3 nitrogen and oxygen atoms in total. The third-order valence-corrected chi connectivity index (χ3v) is 2.76. The summed E-state index contributed by atoms with van der Waals surface area (Å²) in [7, 11) is 1.74.